The lowest BCUT2D eigenvalue weighted by molar-refractivity contribution is 0.191. The third-order valence-electron chi connectivity index (χ3n) is 6.54. The van der Waals surface area contributed by atoms with E-state index in [0.717, 1.165) is 67.1 Å². The summed E-state index contributed by atoms with van der Waals surface area (Å²) in [7, 11) is 1.61. The summed E-state index contributed by atoms with van der Waals surface area (Å²) < 4.78 is 18.5. The maximum atomic E-state index is 12.5. The monoisotopic (exact) mass is 465 g/mol. The molecule has 5 rings (SSSR count). The molecule has 180 valence electrons. The van der Waals surface area contributed by atoms with Crippen LogP contribution in [0.2, 0.25) is 0 Å². The van der Waals surface area contributed by atoms with E-state index in [4.69, 9.17) is 14.2 Å². The van der Waals surface area contributed by atoms with Crippen LogP contribution in [0.3, 0.4) is 0 Å². The number of pyridine rings is 3. The second-order valence-corrected chi connectivity index (χ2v) is 8.77. The van der Waals surface area contributed by atoms with Gasteiger partial charge in [0.15, 0.2) is 11.5 Å². The highest BCUT2D eigenvalue weighted by Gasteiger charge is 2.20. The van der Waals surface area contributed by atoms with Gasteiger partial charge in [0, 0.05) is 50.3 Å². The normalized spacial score (nSPS) is 17.0. The van der Waals surface area contributed by atoms with Crippen LogP contribution in [0, 0.1) is 0 Å². The van der Waals surface area contributed by atoms with E-state index in [1.165, 1.54) is 0 Å². The molecule has 0 unspecified atom stereocenters. The van der Waals surface area contributed by atoms with Crippen molar-refractivity contribution in [3.63, 3.8) is 0 Å². The Morgan fingerprint density at radius 3 is 2.71 bits per heavy atom. The summed E-state index contributed by atoms with van der Waals surface area (Å²) in [6.07, 6.45) is 6.45. The Bertz CT molecular complexity index is 1190. The van der Waals surface area contributed by atoms with Crippen molar-refractivity contribution in [1.82, 2.24) is 24.8 Å². The molecule has 0 aromatic carbocycles. The quantitative estimate of drug-likeness (QED) is 0.568. The Morgan fingerprint density at radius 1 is 1.06 bits per heavy atom. The van der Waals surface area contributed by atoms with Crippen molar-refractivity contribution in [2.45, 2.75) is 38.4 Å². The molecular formula is C25H31N5O4. The molecule has 0 saturated carbocycles. The predicted molar refractivity (Wildman–Crippen MR) is 129 cm³/mol. The van der Waals surface area contributed by atoms with Crippen LogP contribution in [-0.2, 0) is 13.1 Å². The minimum Gasteiger partial charge on any atom is -0.495 e. The Labute approximate surface area is 198 Å². The van der Waals surface area contributed by atoms with Crippen LogP contribution in [0.1, 0.15) is 25.0 Å². The summed E-state index contributed by atoms with van der Waals surface area (Å²) >= 11 is 0. The molecule has 1 saturated heterocycles. The van der Waals surface area contributed by atoms with Crippen LogP contribution in [0.15, 0.2) is 41.5 Å². The molecule has 2 aliphatic rings. The van der Waals surface area contributed by atoms with Gasteiger partial charge in [0.05, 0.1) is 49.4 Å². The molecule has 3 aromatic heterocycles. The Kier molecular flexibility index (Phi) is 6.92. The van der Waals surface area contributed by atoms with Crippen molar-refractivity contribution < 1.29 is 14.2 Å². The van der Waals surface area contributed by atoms with Crippen LogP contribution < -0.4 is 25.1 Å². The van der Waals surface area contributed by atoms with Crippen molar-refractivity contribution >= 4 is 11.0 Å². The van der Waals surface area contributed by atoms with Gasteiger partial charge in [-0.25, -0.2) is 0 Å². The molecule has 1 N–H and O–H groups in total. The molecule has 0 aliphatic carbocycles. The van der Waals surface area contributed by atoms with Crippen LogP contribution >= 0.6 is 0 Å². The fourth-order valence-corrected chi connectivity index (χ4v) is 4.55. The number of nitrogens with zero attached hydrogens (tertiary/aromatic N) is 4. The maximum absolute atomic E-state index is 12.5. The van der Waals surface area contributed by atoms with E-state index >= 15 is 0 Å². The summed E-state index contributed by atoms with van der Waals surface area (Å²) in [5.41, 5.74) is 2.56. The number of rotatable bonds is 7. The standard InChI is InChI=1S/C25H31N5O4/c1-32-20-14-22-21(28-16-20)3-4-25(31)30(22)10-9-29-7-5-18(6-8-29)26-15-19-13-23-24(17-27-19)34-12-2-11-33-23/h3-4,13-14,16-18,26H,2,5-12,15H2,1H3. The highest BCUT2D eigenvalue weighted by atomic mass is 16.5. The van der Waals surface area contributed by atoms with E-state index in [0.29, 0.717) is 38.1 Å². The van der Waals surface area contributed by atoms with Gasteiger partial charge in [0.25, 0.3) is 5.56 Å². The van der Waals surface area contributed by atoms with Gasteiger partial charge >= 0.3 is 0 Å². The highest BCUT2D eigenvalue weighted by molar-refractivity contribution is 5.75. The minimum absolute atomic E-state index is 0.0123. The second kappa shape index (κ2) is 10.4. The Hall–Kier alpha value is -3.17. The van der Waals surface area contributed by atoms with Gasteiger partial charge in [-0.05, 0) is 32.0 Å². The third-order valence-corrected chi connectivity index (χ3v) is 6.54. The molecule has 3 aromatic rings. The molecule has 9 heteroatoms. The molecule has 2 aliphatic heterocycles. The molecule has 1 fully saturated rings. The number of fused-ring (bicyclic) bond motifs is 2. The van der Waals surface area contributed by atoms with Crippen molar-refractivity contribution in [3.05, 3.63) is 52.7 Å². The zero-order valence-electron chi connectivity index (χ0n) is 19.5. The molecule has 9 nitrogen and oxygen atoms in total. The second-order valence-electron chi connectivity index (χ2n) is 8.77. The Morgan fingerprint density at radius 2 is 1.88 bits per heavy atom. The fraction of sp³-hybridized carbons (Fsp3) is 0.480. The highest BCUT2D eigenvalue weighted by Crippen LogP contribution is 2.29. The molecule has 34 heavy (non-hydrogen) atoms. The topological polar surface area (TPSA) is 90.7 Å². The molecule has 5 heterocycles. The lowest BCUT2D eigenvalue weighted by Gasteiger charge is -2.32. The van der Waals surface area contributed by atoms with E-state index in [1.54, 1.807) is 36.2 Å². The number of methoxy groups -OCH3 is 1. The maximum Gasteiger partial charge on any atom is 0.251 e. The third kappa shape index (κ3) is 5.15. The van der Waals surface area contributed by atoms with Gasteiger partial charge in [0.2, 0.25) is 0 Å². The molecule has 0 bridgehead atoms. The summed E-state index contributed by atoms with van der Waals surface area (Å²) in [6, 6.07) is 7.67. The van der Waals surface area contributed by atoms with Gasteiger partial charge in [0.1, 0.15) is 5.75 Å². The molecular weight excluding hydrogens is 434 g/mol. The number of hydrogen-bond acceptors (Lipinski definition) is 8. The van der Waals surface area contributed by atoms with E-state index in [1.807, 2.05) is 12.1 Å². The first kappa shape index (κ1) is 22.6. The van der Waals surface area contributed by atoms with Crippen LogP contribution in [0.25, 0.3) is 11.0 Å². The van der Waals surface area contributed by atoms with E-state index in [9.17, 15) is 4.79 Å². The minimum atomic E-state index is -0.0123. The first-order valence-corrected chi connectivity index (χ1v) is 11.9. The number of aromatic nitrogens is 3. The number of nitrogens with one attached hydrogen (secondary N) is 1. The first-order valence-electron chi connectivity index (χ1n) is 11.9. The lowest BCUT2D eigenvalue weighted by Crippen LogP contribution is -2.43. The number of ether oxygens (including phenoxy) is 3. The summed E-state index contributed by atoms with van der Waals surface area (Å²) in [4.78, 5) is 23.9. The van der Waals surface area contributed by atoms with Crippen LogP contribution in [0.5, 0.6) is 17.2 Å². The summed E-state index contributed by atoms with van der Waals surface area (Å²) in [5.74, 6) is 2.17. The van der Waals surface area contributed by atoms with Crippen molar-refractivity contribution in [2.24, 2.45) is 0 Å². The largest absolute Gasteiger partial charge is 0.495 e. The van der Waals surface area contributed by atoms with Crippen molar-refractivity contribution in [3.8, 4) is 17.2 Å². The summed E-state index contributed by atoms with van der Waals surface area (Å²) in [6.45, 7) is 5.50. The molecule has 0 radical (unpaired) electrons. The lowest BCUT2D eigenvalue weighted by atomic mass is 10.0. The summed E-state index contributed by atoms with van der Waals surface area (Å²) in [5, 5.41) is 3.64. The fourth-order valence-electron chi connectivity index (χ4n) is 4.55. The first-order chi connectivity index (χ1) is 16.7. The van der Waals surface area contributed by atoms with Crippen LogP contribution in [0.4, 0.5) is 0 Å². The Balaban J connectivity index is 1.13. The van der Waals surface area contributed by atoms with Crippen molar-refractivity contribution in [1.29, 1.82) is 0 Å². The van der Waals surface area contributed by atoms with E-state index < -0.39 is 0 Å². The predicted octanol–water partition coefficient (Wildman–Crippen LogP) is 2.22. The van der Waals surface area contributed by atoms with Gasteiger partial charge in [-0.3, -0.25) is 14.8 Å². The van der Waals surface area contributed by atoms with E-state index in [2.05, 4.69) is 20.2 Å². The SMILES string of the molecule is COc1cnc2ccc(=O)n(CCN3CCC(NCc4cc5c(cn4)OCCCO5)CC3)c2c1. The van der Waals surface area contributed by atoms with Gasteiger partial charge in [-0.2, -0.15) is 0 Å². The smallest absolute Gasteiger partial charge is 0.251 e. The zero-order chi connectivity index (χ0) is 23.3. The van der Waals surface area contributed by atoms with Crippen molar-refractivity contribution in [2.75, 3.05) is 40.0 Å². The average Bonchev–Trinajstić information content (AvgIpc) is 3.12. The van der Waals surface area contributed by atoms with E-state index in [-0.39, 0.29) is 5.56 Å². The number of piperidine rings is 1. The van der Waals surface area contributed by atoms with Gasteiger partial charge in [-0.1, -0.05) is 0 Å². The zero-order valence-corrected chi connectivity index (χ0v) is 19.5. The van der Waals surface area contributed by atoms with Crippen LogP contribution in [-0.4, -0.2) is 65.4 Å². The molecule has 0 spiro atoms. The number of likely N-dealkylation sites (tertiary alicyclic amines) is 1. The average molecular weight is 466 g/mol. The molecule has 0 amide bonds. The molecule has 0 atom stereocenters. The number of hydrogen-bond donors (Lipinski definition) is 1. The van der Waals surface area contributed by atoms with Gasteiger partial charge < -0.3 is 29.0 Å². The van der Waals surface area contributed by atoms with Gasteiger partial charge in [-0.15, -0.1) is 0 Å².